The molecule has 100 valence electrons. The molecule has 4 heteroatoms. The summed E-state index contributed by atoms with van der Waals surface area (Å²) in [4.78, 5) is 13.8. The van der Waals surface area contributed by atoms with Crippen LogP contribution in [0.3, 0.4) is 0 Å². The molecule has 0 atom stereocenters. The van der Waals surface area contributed by atoms with Gasteiger partial charge in [-0.2, -0.15) is 0 Å². The number of carbonyl (C=O) groups excluding carboxylic acids is 1. The smallest absolute Gasteiger partial charge is 0.167 e. The Morgan fingerprint density at radius 1 is 1.20 bits per heavy atom. The number of hydrogen-bond acceptors (Lipinski definition) is 2. The second-order valence-electron chi connectivity index (χ2n) is 4.46. The fourth-order valence-corrected chi connectivity index (χ4v) is 2.09. The largest absolute Gasteiger partial charge is 0.486 e. The monoisotopic (exact) mass is 269 g/mol. The quantitative estimate of drug-likeness (QED) is 0.734. The van der Waals surface area contributed by atoms with Gasteiger partial charge in [-0.15, -0.1) is 0 Å². The van der Waals surface area contributed by atoms with Crippen molar-refractivity contribution in [1.82, 2.24) is 4.98 Å². The molecule has 0 bridgehead atoms. The van der Waals surface area contributed by atoms with Crippen molar-refractivity contribution in [2.24, 2.45) is 0 Å². The number of benzene rings is 2. The zero-order chi connectivity index (χ0) is 13.9. The fraction of sp³-hybridized carbons (Fsp3) is 0.0625. The van der Waals surface area contributed by atoms with Crippen molar-refractivity contribution >= 4 is 17.2 Å². The van der Waals surface area contributed by atoms with Gasteiger partial charge in [-0.05, 0) is 11.6 Å². The first-order valence-electron chi connectivity index (χ1n) is 6.20. The van der Waals surface area contributed by atoms with E-state index in [9.17, 15) is 9.18 Å². The molecule has 0 saturated heterocycles. The van der Waals surface area contributed by atoms with Gasteiger partial charge < -0.3 is 9.72 Å². The fourth-order valence-electron chi connectivity index (χ4n) is 2.09. The molecule has 1 aromatic heterocycles. The van der Waals surface area contributed by atoms with Crippen molar-refractivity contribution in [2.75, 3.05) is 0 Å². The molecule has 20 heavy (non-hydrogen) atoms. The number of H-pyrrole nitrogens is 1. The molecular weight excluding hydrogens is 257 g/mol. The molecule has 0 unspecified atom stereocenters. The van der Waals surface area contributed by atoms with Gasteiger partial charge in [0.2, 0.25) is 0 Å². The summed E-state index contributed by atoms with van der Waals surface area (Å²) < 4.78 is 19.4. The number of aromatic amines is 1. The van der Waals surface area contributed by atoms with Gasteiger partial charge in [-0.25, -0.2) is 4.39 Å². The molecular formula is C16H12FNO2. The van der Waals surface area contributed by atoms with Crippen molar-refractivity contribution in [3.63, 3.8) is 0 Å². The lowest BCUT2D eigenvalue weighted by molar-refractivity contribution is 0.112. The molecule has 2 aromatic carbocycles. The minimum atomic E-state index is -0.451. The molecule has 0 amide bonds. The highest BCUT2D eigenvalue weighted by molar-refractivity contribution is 5.97. The van der Waals surface area contributed by atoms with Gasteiger partial charge in [-0.1, -0.05) is 30.3 Å². The molecule has 3 aromatic rings. The summed E-state index contributed by atoms with van der Waals surface area (Å²) in [6.07, 6.45) is 2.29. The lowest BCUT2D eigenvalue weighted by Gasteiger charge is -2.07. The SMILES string of the molecule is O=Cc1c[nH]c2cc(F)c(OCc3ccccc3)cc12. The Kier molecular flexibility index (Phi) is 3.21. The Labute approximate surface area is 115 Å². The first-order chi connectivity index (χ1) is 9.78. The first kappa shape index (κ1) is 12.4. The second kappa shape index (κ2) is 5.17. The van der Waals surface area contributed by atoms with E-state index in [4.69, 9.17) is 4.74 Å². The number of ether oxygens (including phenoxy) is 1. The van der Waals surface area contributed by atoms with Gasteiger partial charge in [0.15, 0.2) is 17.9 Å². The first-order valence-corrected chi connectivity index (χ1v) is 6.20. The summed E-state index contributed by atoms with van der Waals surface area (Å²) in [5, 5.41) is 0.657. The summed E-state index contributed by atoms with van der Waals surface area (Å²) in [7, 11) is 0. The van der Waals surface area contributed by atoms with Crippen LogP contribution in [0.2, 0.25) is 0 Å². The summed E-state index contributed by atoms with van der Waals surface area (Å²) in [6, 6.07) is 12.4. The van der Waals surface area contributed by atoms with Crippen LogP contribution in [0.5, 0.6) is 5.75 Å². The summed E-state index contributed by atoms with van der Waals surface area (Å²) in [6.45, 7) is 0.282. The van der Waals surface area contributed by atoms with Crippen LogP contribution in [0.1, 0.15) is 15.9 Å². The Bertz CT molecular complexity index is 750. The summed E-state index contributed by atoms with van der Waals surface area (Å²) >= 11 is 0. The van der Waals surface area contributed by atoms with E-state index in [0.29, 0.717) is 16.5 Å². The zero-order valence-electron chi connectivity index (χ0n) is 10.6. The van der Waals surface area contributed by atoms with Gasteiger partial charge in [-0.3, -0.25) is 4.79 Å². The highest BCUT2D eigenvalue weighted by atomic mass is 19.1. The van der Waals surface area contributed by atoms with Gasteiger partial charge >= 0.3 is 0 Å². The predicted molar refractivity (Wildman–Crippen MR) is 74.4 cm³/mol. The number of rotatable bonds is 4. The molecule has 0 aliphatic carbocycles. The third-order valence-electron chi connectivity index (χ3n) is 3.13. The van der Waals surface area contributed by atoms with Gasteiger partial charge in [0.1, 0.15) is 6.61 Å². The van der Waals surface area contributed by atoms with Crippen molar-refractivity contribution in [3.05, 3.63) is 65.6 Å². The molecule has 0 saturated carbocycles. The third kappa shape index (κ3) is 2.28. The van der Waals surface area contributed by atoms with Crippen molar-refractivity contribution < 1.29 is 13.9 Å². The maximum atomic E-state index is 13.9. The molecule has 0 aliphatic rings. The van der Waals surface area contributed by atoms with Crippen LogP contribution >= 0.6 is 0 Å². The van der Waals surface area contributed by atoms with Gasteiger partial charge in [0.05, 0.1) is 0 Å². The van der Waals surface area contributed by atoms with Gasteiger partial charge in [0, 0.05) is 28.7 Å². The minimum Gasteiger partial charge on any atom is -0.486 e. The zero-order valence-corrected chi connectivity index (χ0v) is 10.6. The minimum absolute atomic E-state index is 0.143. The van der Waals surface area contributed by atoms with Crippen LogP contribution in [0.25, 0.3) is 10.9 Å². The normalized spacial score (nSPS) is 10.7. The van der Waals surface area contributed by atoms with E-state index in [1.165, 1.54) is 6.07 Å². The van der Waals surface area contributed by atoms with E-state index in [1.807, 2.05) is 30.3 Å². The summed E-state index contributed by atoms with van der Waals surface area (Å²) in [5.74, 6) is -0.309. The maximum absolute atomic E-state index is 13.9. The number of nitrogens with one attached hydrogen (secondary N) is 1. The second-order valence-corrected chi connectivity index (χ2v) is 4.46. The van der Waals surface area contributed by atoms with E-state index in [-0.39, 0.29) is 12.4 Å². The van der Waals surface area contributed by atoms with E-state index in [2.05, 4.69) is 4.98 Å². The summed E-state index contributed by atoms with van der Waals surface area (Å²) in [5.41, 5.74) is 2.03. The van der Waals surface area contributed by atoms with Crippen LogP contribution in [0.4, 0.5) is 4.39 Å². The number of hydrogen-bond donors (Lipinski definition) is 1. The van der Waals surface area contributed by atoms with Crippen LogP contribution in [-0.4, -0.2) is 11.3 Å². The Hall–Kier alpha value is -2.62. The van der Waals surface area contributed by atoms with E-state index >= 15 is 0 Å². The van der Waals surface area contributed by atoms with Crippen LogP contribution in [0, 0.1) is 5.82 Å². The van der Waals surface area contributed by atoms with Crippen molar-refractivity contribution in [3.8, 4) is 5.75 Å². The average Bonchev–Trinajstić information content (AvgIpc) is 2.87. The number of aldehydes is 1. The third-order valence-corrected chi connectivity index (χ3v) is 3.13. The number of aromatic nitrogens is 1. The highest BCUT2D eigenvalue weighted by Gasteiger charge is 2.10. The number of carbonyl (C=O) groups is 1. The van der Waals surface area contributed by atoms with E-state index in [0.717, 1.165) is 11.8 Å². The van der Waals surface area contributed by atoms with Crippen LogP contribution < -0.4 is 4.74 Å². The molecule has 3 nitrogen and oxygen atoms in total. The van der Waals surface area contributed by atoms with Crippen molar-refractivity contribution in [2.45, 2.75) is 6.61 Å². The molecule has 0 fully saturated rings. The topological polar surface area (TPSA) is 42.1 Å². The van der Waals surface area contributed by atoms with Crippen molar-refractivity contribution in [1.29, 1.82) is 0 Å². The standard InChI is InChI=1S/C16H12FNO2/c17-14-7-15-13(12(9-19)8-18-15)6-16(14)20-10-11-4-2-1-3-5-11/h1-9,18H,10H2. The number of fused-ring (bicyclic) bond motifs is 1. The average molecular weight is 269 g/mol. The molecule has 3 rings (SSSR count). The van der Waals surface area contributed by atoms with Gasteiger partial charge in [0.25, 0.3) is 0 Å². The lowest BCUT2D eigenvalue weighted by atomic mass is 10.2. The van der Waals surface area contributed by atoms with Crippen LogP contribution in [-0.2, 0) is 6.61 Å². The lowest BCUT2D eigenvalue weighted by Crippen LogP contribution is -1.97. The molecule has 1 N–H and O–H groups in total. The van der Waals surface area contributed by atoms with E-state index in [1.54, 1.807) is 12.3 Å². The van der Waals surface area contributed by atoms with E-state index < -0.39 is 5.82 Å². The molecule has 0 aliphatic heterocycles. The van der Waals surface area contributed by atoms with Crippen LogP contribution in [0.15, 0.2) is 48.7 Å². The predicted octanol–water partition coefficient (Wildman–Crippen LogP) is 3.70. The molecule has 1 heterocycles. The highest BCUT2D eigenvalue weighted by Crippen LogP contribution is 2.26. The Morgan fingerprint density at radius 3 is 2.75 bits per heavy atom. The molecule has 0 spiro atoms. The molecule has 0 radical (unpaired) electrons. The number of halogens is 1. The Morgan fingerprint density at radius 2 is 2.00 bits per heavy atom. The maximum Gasteiger partial charge on any atom is 0.167 e. The Balaban J connectivity index is 1.90.